The molecule has 8 atom stereocenters. The fourth-order valence-corrected chi connectivity index (χ4v) is 7.96. The van der Waals surface area contributed by atoms with Gasteiger partial charge in [0, 0.05) is 42.8 Å². The molecule has 0 saturated heterocycles. The molecular weight excluding hydrogens is 925 g/mol. The van der Waals surface area contributed by atoms with E-state index in [1.165, 1.54) is 43.0 Å². The van der Waals surface area contributed by atoms with Gasteiger partial charge in [-0.15, -0.1) is 0 Å². The molecule has 0 spiro atoms. The van der Waals surface area contributed by atoms with Crippen LogP contribution in [-0.4, -0.2) is 133 Å². The summed E-state index contributed by atoms with van der Waals surface area (Å²) >= 11 is 1.39. The van der Waals surface area contributed by atoms with Gasteiger partial charge in [-0.25, -0.2) is 4.79 Å². The fraction of sp³-hybridized carbons (Fsp3) is 0.429. The maximum Gasteiger partial charge on any atom is 0.326 e. The Morgan fingerprint density at radius 1 is 0.614 bits per heavy atom. The number of aliphatic hydroxyl groups is 1. The van der Waals surface area contributed by atoms with Crippen LogP contribution in [-0.2, 0) is 57.6 Å². The number of thioether (sulfide) groups is 1. The topological polar surface area (TPSA) is 331 Å². The number of benzene rings is 3. The van der Waals surface area contributed by atoms with Gasteiger partial charge in [-0.2, -0.15) is 11.8 Å². The summed E-state index contributed by atoms with van der Waals surface area (Å²) in [5.41, 5.74) is 8.41. The van der Waals surface area contributed by atoms with Gasteiger partial charge in [0.1, 0.15) is 42.0 Å². The molecule has 4 rings (SSSR count). The monoisotopic (exact) mass is 988 g/mol. The molecule has 4 aromatic rings. The number of phenolic OH excluding ortho intramolecular Hbond substituents is 1. The van der Waals surface area contributed by atoms with E-state index in [-0.39, 0.29) is 50.2 Å². The molecule has 6 amide bonds. The number of para-hydroxylation sites is 1. The molecule has 0 saturated carbocycles. The van der Waals surface area contributed by atoms with Crippen LogP contribution in [0.4, 0.5) is 0 Å². The molecule has 1 heterocycles. The highest BCUT2D eigenvalue weighted by Crippen LogP contribution is 2.20. The van der Waals surface area contributed by atoms with Crippen molar-refractivity contribution in [3.05, 3.63) is 102 Å². The second-order valence-electron chi connectivity index (χ2n) is 17.4. The lowest BCUT2D eigenvalue weighted by Crippen LogP contribution is -2.61. The molecule has 20 nitrogen and oxygen atoms in total. The van der Waals surface area contributed by atoms with E-state index < -0.39 is 102 Å². The molecule has 0 aliphatic heterocycles. The maximum atomic E-state index is 14.3. The van der Waals surface area contributed by atoms with E-state index in [4.69, 9.17) is 10.8 Å². The second-order valence-corrected chi connectivity index (χ2v) is 18.4. The summed E-state index contributed by atoms with van der Waals surface area (Å²) in [5, 5.41) is 56.1. The zero-order valence-electron chi connectivity index (χ0n) is 39.5. The second kappa shape index (κ2) is 27.3. The Bertz CT molecular complexity index is 2420. The van der Waals surface area contributed by atoms with E-state index in [2.05, 4.69) is 36.9 Å². The first-order valence-electron chi connectivity index (χ1n) is 22.8. The summed E-state index contributed by atoms with van der Waals surface area (Å²) in [6.07, 6.45) is 1.13. The number of amides is 6. The maximum absolute atomic E-state index is 14.3. The normalized spacial score (nSPS) is 14.7. The van der Waals surface area contributed by atoms with Crippen molar-refractivity contribution in [3.8, 4) is 5.75 Å². The number of hydrogen-bond acceptors (Lipinski definition) is 12. The Hall–Kier alpha value is -6.97. The van der Waals surface area contributed by atoms with Crippen molar-refractivity contribution in [2.75, 3.05) is 12.0 Å². The lowest BCUT2D eigenvalue weighted by atomic mass is 10.00. The Kier molecular flexibility index (Phi) is 21.7. The van der Waals surface area contributed by atoms with Crippen LogP contribution in [0.2, 0.25) is 0 Å². The van der Waals surface area contributed by atoms with Gasteiger partial charge in [-0.3, -0.25) is 33.6 Å². The van der Waals surface area contributed by atoms with Crippen LogP contribution in [0.5, 0.6) is 5.75 Å². The number of H-pyrrole nitrogens is 1. The van der Waals surface area contributed by atoms with Crippen LogP contribution in [0.25, 0.3) is 10.9 Å². The number of hydrogen-bond donors (Lipinski definition) is 12. The van der Waals surface area contributed by atoms with Gasteiger partial charge in [-0.1, -0.05) is 74.5 Å². The number of nitrogens with one attached hydrogen (secondary N) is 7. The summed E-state index contributed by atoms with van der Waals surface area (Å²) < 4.78 is 0. The number of carboxylic acids is 2. The van der Waals surface area contributed by atoms with Gasteiger partial charge in [0.2, 0.25) is 35.4 Å². The highest BCUT2D eigenvalue weighted by Gasteiger charge is 2.35. The third kappa shape index (κ3) is 17.5. The lowest BCUT2D eigenvalue weighted by molar-refractivity contribution is -0.142. The minimum absolute atomic E-state index is 0.0294. The summed E-state index contributed by atoms with van der Waals surface area (Å²) in [6.45, 7) is 4.81. The predicted molar refractivity (Wildman–Crippen MR) is 262 cm³/mol. The van der Waals surface area contributed by atoms with E-state index in [0.717, 1.165) is 10.9 Å². The molecule has 0 bridgehead atoms. The molecular formula is C49H64N8O12S. The zero-order valence-corrected chi connectivity index (χ0v) is 40.3. The minimum atomic E-state index is -1.65. The van der Waals surface area contributed by atoms with Crippen LogP contribution in [0.3, 0.4) is 0 Å². The molecule has 70 heavy (non-hydrogen) atoms. The first-order valence-corrected chi connectivity index (χ1v) is 24.2. The number of aromatic nitrogens is 1. The number of nitrogens with two attached hydrogens (primary N) is 1. The number of carbonyl (C=O) groups is 8. The van der Waals surface area contributed by atoms with Crippen LogP contribution >= 0.6 is 11.8 Å². The number of phenols is 1. The van der Waals surface area contributed by atoms with Gasteiger partial charge >= 0.3 is 11.9 Å². The highest BCUT2D eigenvalue weighted by molar-refractivity contribution is 7.98. The average molecular weight is 989 g/mol. The van der Waals surface area contributed by atoms with Crippen LogP contribution < -0.4 is 37.6 Å². The van der Waals surface area contributed by atoms with Gasteiger partial charge in [-0.05, 0) is 79.0 Å². The Balaban J connectivity index is 1.57. The molecule has 0 fully saturated rings. The summed E-state index contributed by atoms with van der Waals surface area (Å²) in [7, 11) is 0. The van der Waals surface area contributed by atoms with Crippen molar-refractivity contribution in [2.45, 2.75) is 114 Å². The standard InChI is InChI=1S/C49H64N8O12S/c1-27(2)22-37(53-46(65)39(24-30-14-16-32(59)17-15-30)55-48(67)42(28(3)58)57-43(62)34(50)18-19-41(60)61)45(64)52-36(20-21-70-4)44(63)54-38(23-29-10-6-5-7-11-29)47(66)56-40(49(68)69)25-31-26-51-35-13-9-8-12-33(31)35/h5-17,26-28,34,36-40,42,51,58-59H,18-25,50H2,1-4H3,(H,52,64)(H,53,65)(H,54,63)(H,55,67)(H,56,66)(H,57,62)(H,60,61)(H,68,69)/t28-,34+,36+,37+,38+,39+,40+,42+/m1/s1. The minimum Gasteiger partial charge on any atom is -0.508 e. The fourth-order valence-electron chi connectivity index (χ4n) is 7.49. The number of rotatable bonds is 28. The number of aliphatic carboxylic acids is 2. The Morgan fingerprint density at radius 2 is 1.14 bits per heavy atom. The van der Waals surface area contributed by atoms with E-state index >= 15 is 0 Å². The first kappa shape index (κ1) is 55.6. The molecule has 3 aromatic carbocycles. The van der Waals surface area contributed by atoms with Gasteiger partial charge in [0.15, 0.2) is 0 Å². The van der Waals surface area contributed by atoms with Crippen molar-refractivity contribution in [2.24, 2.45) is 11.7 Å². The quantitative estimate of drug-likeness (QED) is 0.0382. The molecule has 378 valence electrons. The van der Waals surface area contributed by atoms with Gasteiger partial charge in [0.25, 0.3) is 0 Å². The third-order valence-electron chi connectivity index (χ3n) is 11.3. The molecule has 13 N–H and O–H groups in total. The van der Waals surface area contributed by atoms with Crippen molar-refractivity contribution >= 4 is 70.0 Å². The zero-order chi connectivity index (χ0) is 51.5. The number of carboxylic acid groups (broad SMARTS) is 2. The van der Waals surface area contributed by atoms with Crippen LogP contribution in [0, 0.1) is 5.92 Å². The molecule has 0 aliphatic rings. The molecule has 0 radical (unpaired) electrons. The average Bonchev–Trinajstić information content (AvgIpc) is 3.73. The van der Waals surface area contributed by atoms with Gasteiger partial charge < -0.3 is 63.0 Å². The number of carbonyl (C=O) groups excluding carboxylic acids is 6. The van der Waals surface area contributed by atoms with E-state index in [1.807, 2.05) is 24.3 Å². The van der Waals surface area contributed by atoms with E-state index in [9.17, 15) is 53.7 Å². The first-order chi connectivity index (χ1) is 33.3. The lowest BCUT2D eigenvalue weighted by Gasteiger charge is -2.29. The number of aliphatic hydroxyl groups excluding tert-OH is 1. The van der Waals surface area contributed by atoms with Gasteiger partial charge in [0.05, 0.1) is 12.1 Å². The third-order valence-corrected chi connectivity index (χ3v) is 11.9. The molecule has 21 heteroatoms. The number of aromatic amines is 1. The molecule has 0 unspecified atom stereocenters. The highest BCUT2D eigenvalue weighted by atomic mass is 32.2. The molecule has 1 aromatic heterocycles. The van der Waals surface area contributed by atoms with Crippen molar-refractivity contribution in [1.82, 2.24) is 36.9 Å². The van der Waals surface area contributed by atoms with Crippen LogP contribution in [0.15, 0.2) is 85.1 Å². The predicted octanol–water partition coefficient (Wildman–Crippen LogP) is 1.27. The van der Waals surface area contributed by atoms with E-state index in [1.54, 1.807) is 56.6 Å². The summed E-state index contributed by atoms with van der Waals surface area (Å²) in [5.74, 6) is -7.46. The number of fused-ring (bicyclic) bond motifs is 1. The Morgan fingerprint density at radius 3 is 1.73 bits per heavy atom. The summed E-state index contributed by atoms with van der Waals surface area (Å²) in [6, 6.07) is 12.2. The van der Waals surface area contributed by atoms with Crippen molar-refractivity contribution in [3.63, 3.8) is 0 Å². The Labute approximate surface area is 409 Å². The summed E-state index contributed by atoms with van der Waals surface area (Å²) in [4.78, 5) is 110. The van der Waals surface area contributed by atoms with Crippen molar-refractivity contribution in [1.29, 1.82) is 0 Å². The smallest absolute Gasteiger partial charge is 0.326 e. The SMILES string of the molecule is CSCC[C@H](NC(=O)[C@H](CC(C)C)NC(=O)[C@H](Cc1ccc(O)cc1)NC(=O)[C@@H](NC(=O)[C@@H](N)CCC(=O)O)[C@@H](C)O)C(=O)N[C@@H](Cc1ccccc1)C(=O)N[C@@H](Cc1c[nH]c2ccccc12)C(=O)O. The van der Waals surface area contributed by atoms with Crippen molar-refractivity contribution < 1.29 is 58.8 Å². The van der Waals surface area contributed by atoms with E-state index in [0.29, 0.717) is 22.4 Å². The van der Waals surface area contributed by atoms with Crippen LogP contribution in [0.1, 0.15) is 63.1 Å². The largest absolute Gasteiger partial charge is 0.508 e. The molecule has 0 aliphatic carbocycles. The number of aromatic hydroxyl groups is 1.